The number of allylic oxidation sites excluding steroid dienone is 7. The lowest BCUT2D eigenvalue weighted by Gasteiger charge is -2.42. The number of rotatable bonds is 18. The summed E-state index contributed by atoms with van der Waals surface area (Å²) < 4.78 is 0. The molecule has 14 aromatic rings. The molecule has 6 bridgehead atoms. The van der Waals surface area contributed by atoms with E-state index in [2.05, 4.69) is 406 Å². The quantitative estimate of drug-likeness (QED) is 0.0624. The van der Waals surface area contributed by atoms with Crippen LogP contribution in [0.1, 0.15) is 100 Å². The first-order valence-electron chi connectivity index (χ1n) is 38.5. The molecule has 518 valence electrons. The van der Waals surface area contributed by atoms with E-state index in [0.717, 1.165) is 89.3 Å². The number of hydrogen-bond donors (Lipinski definition) is 0. The minimum Gasteiger partial charge on any atom is -0.310 e. The summed E-state index contributed by atoms with van der Waals surface area (Å²) in [5.74, 6) is 0.736. The summed E-state index contributed by atoms with van der Waals surface area (Å²) >= 11 is 0. The van der Waals surface area contributed by atoms with Crippen molar-refractivity contribution in [3.8, 4) is 44.5 Å². The monoisotopic (exact) mass is 1380 g/mol. The highest BCUT2D eigenvalue weighted by Crippen LogP contribution is 2.64. The van der Waals surface area contributed by atoms with Gasteiger partial charge in [-0.2, -0.15) is 0 Å². The zero-order chi connectivity index (χ0) is 72.3. The van der Waals surface area contributed by atoms with Gasteiger partial charge in [-0.05, 0) is 247 Å². The van der Waals surface area contributed by atoms with Crippen LogP contribution in [0.2, 0.25) is 0 Å². The lowest BCUT2D eigenvalue weighted by atomic mass is 9.61. The summed E-state index contributed by atoms with van der Waals surface area (Å²) in [6, 6.07) is 135. The predicted octanol–water partition coefficient (Wildman–Crippen LogP) is 27.5. The molecule has 3 unspecified atom stereocenters. The molecule has 5 aliphatic carbocycles. The third kappa shape index (κ3) is 11.1. The minimum atomic E-state index is -0.640. The van der Waals surface area contributed by atoms with E-state index < -0.39 is 10.8 Å². The predicted molar refractivity (Wildman–Crippen MR) is 453 cm³/mol. The molecule has 108 heavy (non-hydrogen) atoms. The number of anilines is 6. The molecule has 19 rings (SSSR count). The fourth-order valence-electron chi connectivity index (χ4n) is 19.5. The van der Waals surface area contributed by atoms with Gasteiger partial charge in [-0.1, -0.05) is 322 Å². The molecular weight excluding hydrogens is 1300 g/mol. The molecule has 2 heteroatoms. The molecule has 0 heterocycles. The van der Waals surface area contributed by atoms with Crippen molar-refractivity contribution in [2.24, 2.45) is 11.8 Å². The minimum absolute atomic E-state index is 0.325. The van der Waals surface area contributed by atoms with Crippen LogP contribution in [0.3, 0.4) is 0 Å². The lowest BCUT2D eigenvalue weighted by molar-refractivity contribution is 0.442. The van der Waals surface area contributed by atoms with E-state index in [1.165, 1.54) is 100 Å². The molecule has 2 nitrogen and oxygen atoms in total. The van der Waals surface area contributed by atoms with Crippen LogP contribution in [0.25, 0.3) is 56.2 Å². The van der Waals surface area contributed by atoms with E-state index in [-0.39, 0.29) is 5.41 Å². The van der Waals surface area contributed by atoms with E-state index >= 15 is 0 Å². The number of nitrogens with zero attached hydrogens (tertiary/aromatic N) is 2. The topological polar surface area (TPSA) is 6.48 Å². The van der Waals surface area contributed by atoms with Crippen molar-refractivity contribution in [2.45, 2.75) is 61.7 Å². The van der Waals surface area contributed by atoms with Crippen LogP contribution in [-0.4, -0.2) is 0 Å². The molecule has 0 saturated carbocycles. The highest BCUT2D eigenvalue weighted by Gasteiger charge is 2.51. The van der Waals surface area contributed by atoms with E-state index in [0.29, 0.717) is 11.8 Å². The Kier molecular flexibility index (Phi) is 16.8. The fourth-order valence-corrected chi connectivity index (χ4v) is 19.5. The van der Waals surface area contributed by atoms with Gasteiger partial charge < -0.3 is 9.80 Å². The first-order chi connectivity index (χ1) is 53.3. The van der Waals surface area contributed by atoms with Crippen molar-refractivity contribution in [3.63, 3.8) is 0 Å². The first-order valence-corrected chi connectivity index (χ1v) is 38.5. The molecule has 0 spiro atoms. The largest absolute Gasteiger partial charge is 0.310 e. The summed E-state index contributed by atoms with van der Waals surface area (Å²) in [5, 5.41) is 0. The molecule has 0 aliphatic heterocycles. The van der Waals surface area contributed by atoms with Crippen molar-refractivity contribution >= 4 is 45.8 Å². The van der Waals surface area contributed by atoms with Gasteiger partial charge in [0.2, 0.25) is 0 Å². The molecule has 0 fully saturated rings. The molecule has 0 saturated heterocycles. The summed E-state index contributed by atoms with van der Waals surface area (Å²) in [7, 11) is 0. The molecule has 5 aliphatic rings. The first kappa shape index (κ1) is 66.1. The summed E-state index contributed by atoms with van der Waals surface area (Å²) in [6.45, 7) is 11.0. The Hall–Kier alpha value is -12.6. The van der Waals surface area contributed by atoms with E-state index in [4.69, 9.17) is 0 Å². The van der Waals surface area contributed by atoms with Crippen LogP contribution in [0.5, 0.6) is 0 Å². The number of fused-ring (bicyclic) bond motifs is 7. The third-order valence-electron chi connectivity index (χ3n) is 24.7. The van der Waals surface area contributed by atoms with Crippen LogP contribution < -0.4 is 9.80 Å². The second-order valence-electron chi connectivity index (χ2n) is 30.3. The highest BCUT2D eigenvalue weighted by molar-refractivity contribution is 5.96. The summed E-state index contributed by atoms with van der Waals surface area (Å²) in [6.07, 6.45) is 15.5. The number of benzene rings is 14. The summed E-state index contributed by atoms with van der Waals surface area (Å²) in [4.78, 5) is 5.02. The van der Waals surface area contributed by atoms with Crippen molar-refractivity contribution in [1.29, 1.82) is 0 Å². The Morgan fingerprint density at radius 2 is 0.870 bits per heavy atom. The van der Waals surface area contributed by atoms with E-state index in [9.17, 15) is 0 Å². The van der Waals surface area contributed by atoms with Gasteiger partial charge in [-0.15, -0.1) is 6.58 Å². The Morgan fingerprint density at radius 3 is 1.44 bits per heavy atom. The van der Waals surface area contributed by atoms with Gasteiger partial charge in [0, 0.05) is 50.9 Å². The van der Waals surface area contributed by atoms with Gasteiger partial charge in [-0.3, -0.25) is 0 Å². The van der Waals surface area contributed by atoms with E-state index in [1.54, 1.807) is 11.1 Å². The Balaban J connectivity index is 0.798. The second-order valence-corrected chi connectivity index (χ2v) is 30.3. The molecule has 0 aromatic heterocycles. The molecule has 0 N–H and O–H groups in total. The average Bonchev–Trinajstić information content (AvgIpc) is 1.31. The standard InChI is InChI=1S/C106H84N2/c1-4-73-43-45-74(46-44-73)71-105(84-35-20-10-21-36-84)98-41-25-24-39-93(98)94-65-62-90(69-101(94)105)107(86-55-49-79(50-56-86)77-27-12-6-13-28-77)87-59-53-81(54-60-87)92-64-61-89(68-100(92)104(3,82-31-16-8-17-32-82)83-33-18-9-19-34-83)108(88-57-51-80(52-58-88)78-29-14-7-15-30-78)91-63-66-96-102(70-91)106(85-37-22-11-23-38-85)72-75-47-48-76(5-2)97(67-75)95-40-26-42-99(106)103(95)96/h4-25,27-41,43-46,49-70,76,97H,1-2,26,42,47-48,71-72H2,3H3/t76?,97-,105?,106?/m1/s1. The Bertz CT molecular complexity index is 5780. The summed E-state index contributed by atoms with van der Waals surface area (Å²) in [5.41, 5.74) is 34.8. The lowest BCUT2D eigenvalue weighted by Crippen LogP contribution is -2.33. The maximum atomic E-state index is 4.44. The normalized spacial score (nSPS) is 17.9. The van der Waals surface area contributed by atoms with Crippen LogP contribution in [0.15, 0.2) is 406 Å². The van der Waals surface area contributed by atoms with Gasteiger partial charge in [0.05, 0.1) is 5.41 Å². The molecule has 4 atom stereocenters. The number of hydrogen-bond acceptors (Lipinski definition) is 2. The van der Waals surface area contributed by atoms with Crippen molar-refractivity contribution in [2.75, 3.05) is 9.80 Å². The van der Waals surface area contributed by atoms with Gasteiger partial charge in [0.25, 0.3) is 0 Å². The SMILES string of the molecule is C=Cc1ccc(CC2(c3ccccc3)c3ccccc3-c3ccc(N(c4ccc(-c5ccccc5)cc4)c4ccc(-c5ccc(N(c6ccc(-c7ccccc7)cc6)c6ccc7c(c6)C6(c8ccccc8)CC8=C[C@@H](C9=CCCC6=C97)C(C=C)CC8)cc5C(C)(c5ccccc5)c5ccccc5)cc4)cc32)cc1. The van der Waals surface area contributed by atoms with Crippen molar-refractivity contribution in [3.05, 3.63) is 467 Å². The zero-order valence-corrected chi connectivity index (χ0v) is 61.1. The Labute approximate surface area is 636 Å². The molecule has 14 aromatic carbocycles. The van der Waals surface area contributed by atoms with Crippen molar-refractivity contribution < 1.29 is 0 Å². The third-order valence-corrected chi connectivity index (χ3v) is 24.7. The molecule has 0 radical (unpaired) electrons. The van der Waals surface area contributed by atoms with Crippen molar-refractivity contribution in [1.82, 2.24) is 0 Å². The van der Waals surface area contributed by atoms with Crippen LogP contribution in [-0.2, 0) is 22.7 Å². The smallest absolute Gasteiger partial charge is 0.0504 e. The average molecular weight is 1390 g/mol. The van der Waals surface area contributed by atoms with Crippen LogP contribution in [0, 0.1) is 11.8 Å². The van der Waals surface area contributed by atoms with E-state index in [1.807, 2.05) is 6.08 Å². The van der Waals surface area contributed by atoms with Gasteiger partial charge in [0.1, 0.15) is 0 Å². The van der Waals surface area contributed by atoms with Gasteiger partial charge in [0.15, 0.2) is 0 Å². The second kappa shape index (κ2) is 27.4. The maximum absolute atomic E-state index is 4.44. The Morgan fingerprint density at radius 1 is 0.407 bits per heavy atom. The maximum Gasteiger partial charge on any atom is 0.0504 e. The highest BCUT2D eigenvalue weighted by atomic mass is 15.1. The van der Waals surface area contributed by atoms with Crippen LogP contribution in [0.4, 0.5) is 34.1 Å². The molecular formula is C106H84N2. The molecule has 0 amide bonds. The van der Waals surface area contributed by atoms with Gasteiger partial charge in [-0.25, -0.2) is 0 Å². The van der Waals surface area contributed by atoms with Crippen LogP contribution >= 0.6 is 0 Å². The fraction of sp³-hybridized carbons (Fsp3) is 0.113. The van der Waals surface area contributed by atoms with Gasteiger partial charge >= 0.3 is 0 Å². The zero-order valence-electron chi connectivity index (χ0n) is 61.1.